The van der Waals surface area contributed by atoms with E-state index in [9.17, 15) is 4.79 Å². The maximum atomic E-state index is 10.6. The van der Waals surface area contributed by atoms with Gasteiger partial charge in [-0.1, -0.05) is 38.8 Å². The average Bonchev–Trinajstić information content (AvgIpc) is 2.14. The molecule has 0 atom stereocenters. The van der Waals surface area contributed by atoms with Crippen molar-refractivity contribution in [3.63, 3.8) is 0 Å². The van der Waals surface area contributed by atoms with Crippen LogP contribution in [0.2, 0.25) is 0 Å². The summed E-state index contributed by atoms with van der Waals surface area (Å²) in [5.74, 6) is -0.295. The van der Waals surface area contributed by atoms with Gasteiger partial charge in [-0.25, -0.2) is 4.79 Å². The Bertz CT molecular complexity index is 175. The third kappa shape index (κ3) is 13.7. The van der Waals surface area contributed by atoms with Gasteiger partial charge in [-0.05, 0) is 13.3 Å². The Balaban J connectivity index is 0. The highest BCUT2D eigenvalue weighted by atomic mass is 16.5. The van der Waals surface area contributed by atoms with Crippen molar-refractivity contribution in [3.05, 3.63) is 37.5 Å². The molecule has 0 spiro atoms. The van der Waals surface area contributed by atoms with Gasteiger partial charge >= 0.3 is 5.97 Å². The number of carbonyl (C=O) groups excluding carboxylic acids is 1. The number of ether oxygens (including phenoxy) is 1. The number of hydrogen-bond donors (Lipinski definition) is 0. The Kier molecular flexibility index (Phi) is 11.7. The summed E-state index contributed by atoms with van der Waals surface area (Å²) >= 11 is 0. The van der Waals surface area contributed by atoms with E-state index in [1.54, 1.807) is 19.1 Å². The highest BCUT2D eigenvalue weighted by molar-refractivity contribution is 5.86. The molecule has 0 saturated heterocycles. The summed E-state index contributed by atoms with van der Waals surface area (Å²) in [6, 6.07) is 0. The van der Waals surface area contributed by atoms with Crippen LogP contribution in [0.5, 0.6) is 0 Å². The topological polar surface area (TPSA) is 26.3 Å². The largest absolute Gasteiger partial charge is 0.462 e. The average molecular weight is 182 g/mol. The predicted molar refractivity (Wildman–Crippen MR) is 56.5 cm³/mol. The van der Waals surface area contributed by atoms with Gasteiger partial charge in [-0.2, -0.15) is 0 Å². The zero-order valence-corrected chi connectivity index (χ0v) is 8.51. The normalized spacial score (nSPS) is 7.54. The van der Waals surface area contributed by atoms with E-state index in [0.29, 0.717) is 12.2 Å². The van der Waals surface area contributed by atoms with Crippen LogP contribution in [0.1, 0.15) is 20.3 Å². The van der Waals surface area contributed by atoms with E-state index >= 15 is 0 Å². The number of esters is 1. The number of rotatable bonds is 4. The third-order valence-electron chi connectivity index (χ3n) is 0.952. The second-order valence-corrected chi connectivity index (χ2v) is 2.39. The summed E-state index contributed by atoms with van der Waals surface area (Å²) in [6.45, 7) is 14.2. The Morgan fingerprint density at radius 1 is 1.38 bits per heavy atom. The van der Waals surface area contributed by atoms with Crippen LogP contribution in [0.25, 0.3) is 0 Å². The van der Waals surface area contributed by atoms with Crippen LogP contribution < -0.4 is 0 Å². The van der Waals surface area contributed by atoms with E-state index in [4.69, 9.17) is 4.74 Å². The van der Waals surface area contributed by atoms with Gasteiger partial charge in [0.05, 0.1) is 6.61 Å². The maximum absolute atomic E-state index is 10.6. The summed E-state index contributed by atoms with van der Waals surface area (Å²) in [5, 5.41) is 0. The van der Waals surface area contributed by atoms with Gasteiger partial charge in [-0.3, -0.25) is 0 Å². The summed E-state index contributed by atoms with van der Waals surface area (Å²) in [5.41, 5.74) is 0.462. The highest BCUT2D eigenvalue weighted by Crippen LogP contribution is 1.91. The van der Waals surface area contributed by atoms with Crippen molar-refractivity contribution < 1.29 is 9.53 Å². The molecule has 0 aromatic rings. The minimum atomic E-state index is -0.295. The fraction of sp³-hybridized carbons (Fsp3) is 0.364. The smallest absolute Gasteiger partial charge is 0.333 e. The second kappa shape index (κ2) is 10.7. The molecule has 2 nitrogen and oxygen atoms in total. The zero-order valence-electron chi connectivity index (χ0n) is 8.51. The van der Waals surface area contributed by atoms with Crippen molar-refractivity contribution in [2.45, 2.75) is 20.3 Å². The minimum Gasteiger partial charge on any atom is -0.462 e. The van der Waals surface area contributed by atoms with E-state index in [1.165, 1.54) is 0 Å². The molecule has 74 valence electrons. The summed E-state index contributed by atoms with van der Waals surface area (Å²) in [4.78, 5) is 10.6. The SMILES string of the molecule is C=C(C)C(=O)OCCC.C=CC=C. The number of hydrogen-bond acceptors (Lipinski definition) is 2. The van der Waals surface area contributed by atoms with Crippen molar-refractivity contribution in [1.29, 1.82) is 0 Å². The van der Waals surface area contributed by atoms with Crippen molar-refractivity contribution in [2.75, 3.05) is 6.61 Å². The molecule has 0 N–H and O–H groups in total. The van der Waals surface area contributed by atoms with Crippen LogP contribution in [0.3, 0.4) is 0 Å². The first kappa shape index (κ1) is 14.2. The minimum absolute atomic E-state index is 0.295. The van der Waals surface area contributed by atoms with Crippen LogP contribution in [0.4, 0.5) is 0 Å². The first-order valence-corrected chi connectivity index (χ1v) is 4.16. The summed E-state index contributed by atoms with van der Waals surface area (Å²) in [6.07, 6.45) is 4.14. The van der Waals surface area contributed by atoms with E-state index in [1.807, 2.05) is 6.92 Å². The van der Waals surface area contributed by atoms with Gasteiger partial charge in [0.1, 0.15) is 0 Å². The van der Waals surface area contributed by atoms with Crippen LogP contribution >= 0.6 is 0 Å². The van der Waals surface area contributed by atoms with Crippen molar-refractivity contribution in [3.8, 4) is 0 Å². The third-order valence-corrected chi connectivity index (χ3v) is 0.952. The molecule has 0 rings (SSSR count). The second-order valence-electron chi connectivity index (χ2n) is 2.39. The summed E-state index contributed by atoms with van der Waals surface area (Å²) < 4.78 is 4.71. The Morgan fingerprint density at radius 3 is 2.08 bits per heavy atom. The van der Waals surface area contributed by atoms with Gasteiger partial charge in [0.25, 0.3) is 0 Å². The van der Waals surface area contributed by atoms with E-state index < -0.39 is 0 Å². The molecule has 2 heteroatoms. The molecule has 13 heavy (non-hydrogen) atoms. The molecule has 0 aliphatic carbocycles. The molecule has 0 unspecified atom stereocenters. The number of allylic oxidation sites excluding steroid dienone is 2. The zero-order chi connectivity index (χ0) is 10.7. The van der Waals surface area contributed by atoms with Crippen molar-refractivity contribution in [2.24, 2.45) is 0 Å². The molecule has 0 aromatic carbocycles. The molecule has 0 heterocycles. The number of carbonyl (C=O) groups is 1. The van der Waals surface area contributed by atoms with Crippen molar-refractivity contribution >= 4 is 5.97 Å². The van der Waals surface area contributed by atoms with Crippen LogP contribution in [-0.2, 0) is 9.53 Å². The Hall–Kier alpha value is -1.31. The molecule has 0 aromatic heterocycles. The lowest BCUT2D eigenvalue weighted by Crippen LogP contribution is -2.04. The Morgan fingerprint density at radius 2 is 1.85 bits per heavy atom. The van der Waals surface area contributed by atoms with Gasteiger partial charge in [0.15, 0.2) is 0 Å². The molecular formula is C11H18O2. The monoisotopic (exact) mass is 182 g/mol. The summed E-state index contributed by atoms with van der Waals surface area (Å²) in [7, 11) is 0. The first-order valence-electron chi connectivity index (χ1n) is 4.16. The van der Waals surface area contributed by atoms with Gasteiger partial charge < -0.3 is 4.74 Å². The molecule has 0 aliphatic rings. The molecule has 0 saturated carbocycles. The lowest BCUT2D eigenvalue weighted by Gasteiger charge is -1.99. The van der Waals surface area contributed by atoms with Gasteiger partial charge in [-0.15, -0.1) is 0 Å². The first-order chi connectivity index (χ1) is 6.09. The fourth-order valence-electron chi connectivity index (χ4n) is 0.318. The predicted octanol–water partition coefficient (Wildman–Crippen LogP) is 2.87. The van der Waals surface area contributed by atoms with Gasteiger partial charge in [0, 0.05) is 5.57 Å². The lowest BCUT2D eigenvalue weighted by molar-refractivity contribution is -0.138. The molecule has 0 amide bonds. The fourth-order valence-corrected chi connectivity index (χ4v) is 0.318. The molecule has 0 bridgehead atoms. The maximum Gasteiger partial charge on any atom is 0.333 e. The van der Waals surface area contributed by atoms with Crippen LogP contribution in [0.15, 0.2) is 37.5 Å². The standard InChI is InChI=1S/C7H12O2.C4H6/c1-4-5-9-7(8)6(2)3;1-3-4-2/h2,4-5H2,1,3H3;3-4H,1-2H2. The van der Waals surface area contributed by atoms with E-state index in [-0.39, 0.29) is 5.97 Å². The Labute approximate surface area is 80.6 Å². The van der Waals surface area contributed by atoms with Crippen molar-refractivity contribution in [1.82, 2.24) is 0 Å². The van der Waals surface area contributed by atoms with Gasteiger partial charge in [0.2, 0.25) is 0 Å². The molecule has 0 radical (unpaired) electrons. The van der Waals surface area contributed by atoms with Crippen LogP contribution in [-0.4, -0.2) is 12.6 Å². The molecule has 0 fully saturated rings. The quantitative estimate of drug-likeness (QED) is 0.379. The highest BCUT2D eigenvalue weighted by Gasteiger charge is 1.99. The molecular weight excluding hydrogens is 164 g/mol. The molecule has 0 aliphatic heterocycles. The van der Waals surface area contributed by atoms with E-state index in [2.05, 4.69) is 19.7 Å². The van der Waals surface area contributed by atoms with Crippen LogP contribution in [0, 0.1) is 0 Å². The van der Waals surface area contributed by atoms with E-state index in [0.717, 1.165) is 6.42 Å². The lowest BCUT2D eigenvalue weighted by atomic mass is 10.4.